The van der Waals surface area contributed by atoms with E-state index in [0.29, 0.717) is 23.8 Å². The first-order valence-corrected chi connectivity index (χ1v) is 13.1. The SMILES string of the molecule is CC/C=C(OC)\C(C#CCN(/C(C)=C/C(=C\C(C)OC)OC)c1ccc2ncc(-c3cccnc3)nc2c1)=N/C. The molecule has 0 aliphatic carbocycles. The van der Waals surface area contributed by atoms with Gasteiger partial charge in [-0.05, 0) is 74.7 Å². The number of anilines is 1. The molecule has 3 aromatic rings. The van der Waals surface area contributed by atoms with Crippen molar-refractivity contribution in [1.82, 2.24) is 15.0 Å². The van der Waals surface area contributed by atoms with Crippen LogP contribution in [0.15, 0.2) is 89.4 Å². The first-order valence-electron chi connectivity index (χ1n) is 13.1. The van der Waals surface area contributed by atoms with Crippen molar-refractivity contribution < 1.29 is 14.2 Å². The van der Waals surface area contributed by atoms with Crippen molar-refractivity contribution in [3.8, 4) is 23.1 Å². The molecule has 0 fully saturated rings. The molecule has 2 heterocycles. The number of aliphatic imine (C=N–C) groups is 1. The quantitative estimate of drug-likeness (QED) is 0.128. The number of hydrogen-bond acceptors (Lipinski definition) is 8. The Labute approximate surface area is 237 Å². The molecule has 0 radical (unpaired) electrons. The van der Waals surface area contributed by atoms with Crippen molar-refractivity contribution in [3.63, 3.8) is 0 Å². The first-order chi connectivity index (χ1) is 19.4. The molecule has 0 aliphatic rings. The molecule has 8 nitrogen and oxygen atoms in total. The van der Waals surface area contributed by atoms with Crippen LogP contribution in [0.1, 0.15) is 27.2 Å². The molecule has 0 spiro atoms. The lowest BCUT2D eigenvalue weighted by molar-refractivity contribution is 0.151. The van der Waals surface area contributed by atoms with Crippen molar-refractivity contribution in [2.24, 2.45) is 4.99 Å². The summed E-state index contributed by atoms with van der Waals surface area (Å²) >= 11 is 0. The molecule has 0 bridgehead atoms. The van der Waals surface area contributed by atoms with Crippen LogP contribution >= 0.6 is 0 Å². The highest BCUT2D eigenvalue weighted by molar-refractivity contribution is 6.11. The number of pyridine rings is 1. The third kappa shape index (κ3) is 8.01. The highest BCUT2D eigenvalue weighted by Crippen LogP contribution is 2.26. The molecule has 0 N–H and O–H groups in total. The van der Waals surface area contributed by atoms with Crippen LogP contribution in [0.2, 0.25) is 0 Å². The molecular formula is C32H37N5O3. The second-order valence-corrected chi connectivity index (χ2v) is 8.81. The lowest BCUT2D eigenvalue weighted by Crippen LogP contribution is -2.22. The van der Waals surface area contributed by atoms with Crippen molar-refractivity contribution in [1.29, 1.82) is 0 Å². The van der Waals surface area contributed by atoms with E-state index >= 15 is 0 Å². The van der Waals surface area contributed by atoms with Gasteiger partial charge in [0.1, 0.15) is 17.2 Å². The third-order valence-electron chi connectivity index (χ3n) is 6.09. The van der Waals surface area contributed by atoms with Gasteiger partial charge in [-0.25, -0.2) is 4.98 Å². The Bertz CT molecular complexity index is 1470. The second kappa shape index (κ2) is 15.2. The Morgan fingerprint density at radius 3 is 2.60 bits per heavy atom. The predicted molar refractivity (Wildman–Crippen MR) is 162 cm³/mol. The van der Waals surface area contributed by atoms with Crippen LogP contribution in [0, 0.1) is 11.8 Å². The number of methoxy groups -OCH3 is 3. The van der Waals surface area contributed by atoms with Crippen LogP contribution in [-0.2, 0) is 14.2 Å². The molecule has 8 heteroatoms. The molecule has 0 amide bonds. The summed E-state index contributed by atoms with van der Waals surface area (Å²) in [5.74, 6) is 7.80. The molecule has 1 unspecified atom stereocenters. The maximum absolute atomic E-state index is 5.62. The van der Waals surface area contributed by atoms with Gasteiger partial charge in [0, 0.05) is 43.5 Å². The smallest absolute Gasteiger partial charge is 0.149 e. The Hall–Kier alpha value is -4.48. The fraction of sp³-hybridized carbons (Fsp3) is 0.312. The lowest BCUT2D eigenvalue weighted by Gasteiger charge is -2.24. The van der Waals surface area contributed by atoms with Gasteiger partial charge < -0.3 is 19.1 Å². The number of ether oxygens (including phenoxy) is 3. The minimum atomic E-state index is -0.102. The van der Waals surface area contributed by atoms with Gasteiger partial charge >= 0.3 is 0 Å². The van der Waals surface area contributed by atoms with Crippen LogP contribution in [0.4, 0.5) is 5.69 Å². The number of nitrogens with zero attached hydrogens (tertiary/aromatic N) is 5. The highest BCUT2D eigenvalue weighted by atomic mass is 16.5. The average Bonchev–Trinajstić information content (AvgIpc) is 2.99. The standard InChI is InChI=1S/C32H37N5O3/c1-8-11-32(40-7)29(33-4)13-10-17-37(23(2)18-27(39-6)19-24(3)38-5)26-14-15-28-30(20-26)36-31(22-35-28)25-12-9-16-34-21-25/h9,11-12,14-16,18-22,24H,8,17H2,1-7H3/b23-18+,27-19+,32-11+,33-29-. The molecule has 40 heavy (non-hydrogen) atoms. The van der Waals surface area contributed by atoms with E-state index in [1.54, 1.807) is 47.0 Å². The van der Waals surface area contributed by atoms with Crippen molar-refractivity contribution >= 4 is 22.4 Å². The molecule has 0 saturated heterocycles. The lowest BCUT2D eigenvalue weighted by atomic mass is 10.2. The molecule has 2 aromatic heterocycles. The molecule has 0 saturated carbocycles. The van der Waals surface area contributed by atoms with E-state index in [2.05, 4.69) is 31.7 Å². The summed E-state index contributed by atoms with van der Waals surface area (Å²) in [4.78, 5) is 20.1. The minimum Gasteiger partial charge on any atom is -0.497 e. The van der Waals surface area contributed by atoms with Crippen LogP contribution in [0.25, 0.3) is 22.3 Å². The molecular weight excluding hydrogens is 502 g/mol. The van der Waals surface area contributed by atoms with E-state index in [4.69, 9.17) is 19.2 Å². The zero-order valence-electron chi connectivity index (χ0n) is 24.3. The van der Waals surface area contributed by atoms with Gasteiger partial charge in [0.15, 0.2) is 0 Å². The largest absolute Gasteiger partial charge is 0.497 e. The first kappa shape index (κ1) is 30.1. The van der Waals surface area contributed by atoms with Crippen molar-refractivity contribution in [2.45, 2.75) is 33.3 Å². The number of allylic oxidation sites excluding steroid dienone is 4. The van der Waals surface area contributed by atoms with Gasteiger partial charge in [-0.15, -0.1) is 0 Å². The zero-order chi connectivity index (χ0) is 28.9. The van der Waals surface area contributed by atoms with E-state index in [0.717, 1.165) is 40.1 Å². The predicted octanol–water partition coefficient (Wildman–Crippen LogP) is 5.98. The fourth-order valence-corrected chi connectivity index (χ4v) is 3.89. The Morgan fingerprint density at radius 2 is 1.95 bits per heavy atom. The summed E-state index contributed by atoms with van der Waals surface area (Å²) in [5, 5.41) is 0. The van der Waals surface area contributed by atoms with Gasteiger partial charge in [-0.1, -0.05) is 12.8 Å². The normalized spacial score (nSPS) is 13.5. The highest BCUT2D eigenvalue weighted by Gasteiger charge is 2.12. The minimum absolute atomic E-state index is 0.102. The monoisotopic (exact) mass is 539 g/mol. The molecule has 3 rings (SSSR count). The summed E-state index contributed by atoms with van der Waals surface area (Å²) in [7, 11) is 6.65. The van der Waals surface area contributed by atoms with Crippen LogP contribution in [0.3, 0.4) is 0 Å². The Balaban J connectivity index is 2.07. The number of fused-ring (bicyclic) bond motifs is 1. The second-order valence-electron chi connectivity index (χ2n) is 8.81. The Kier molecular flexibility index (Phi) is 11.4. The maximum atomic E-state index is 5.62. The summed E-state index contributed by atoms with van der Waals surface area (Å²) in [6.07, 6.45) is 11.9. The Morgan fingerprint density at radius 1 is 1.12 bits per heavy atom. The number of hydrogen-bond donors (Lipinski definition) is 0. The fourth-order valence-electron chi connectivity index (χ4n) is 3.89. The zero-order valence-corrected chi connectivity index (χ0v) is 24.3. The molecule has 0 aliphatic heterocycles. The van der Waals surface area contributed by atoms with Gasteiger partial charge in [-0.2, -0.15) is 0 Å². The van der Waals surface area contributed by atoms with Gasteiger partial charge in [0.25, 0.3) is 0 Å². The van der Waals surface area contributed by atoms with Crippen LogP contribution < -0.4 is 4.90 Å². The topological polar surface area (TPSA) is 82.0 Å². The third-order valence-corrected chi connectivity index (χ3v) is 6.09. The van der Waals surface area contributed by atoms with E-state index < -0.39 is 0 Å². The van der Waals surface area contributed by atoms with Gasteiger partial charge in [0.2, 0.25) is 0 Å². The van der Waals surface area contributed by atoms with E-state index in [-0.39, 0.29) is 6.10 Å². The average molecular weight is 540 g/mol. The molecule has 208 valence electrons. The van der Waals surface area contributed by atoms with Crippen molar-refractivity contribution in [2.75, 3.05) is 39.8 Å². The van der Waals surface area contributed by atoms with Gasteiger partial charge in [-0.3, -0.25) is 15.0 Å². The van der Waals surface area contributed by atoms with E-state index in [1.807, 2.05) is 69.3 Å². The molecule has 1 atom stereocenters. The summed E-state index contributed by atoms with van der Waals surface area (Å²) < 4.78 is 16.5. The van der Waals surface area contributed by atoms with Crippen LogP contribution in [0.5, 0.6) is 0 Å². The van der Waals surface area contributed by atoms with E-state index in [9.17, 15) is 0 Å². The molecule has 1 aromatic carbocycles. The van der Waals surface area contributed by atoms with Gasteiger partial charge in [0.05, 0.1) is 49.8 Å². The van der Waals surface area contributed by atoms with Crippen molar-refractivity contribution in [3.05, 3.63) is 84.4 Å². The summed E-state index contributed by atoms with van der Waals surface area (Å²) in [6.45, 7) is 6.41. The van der Waals surface area contributed by atoms with Crippen LogP contribution in [-0.4, -0.2) is 61.7 Å². The summed E-state index contributed by atoms with van der Waals surface area (Å²) in [5.41, 5.74) is 5.66. The summed E-state index contributed by atoms with van der Waals surface area (Å²) in [6, 6.07) is 9.84. The van der Waals surface area contributed by atoms with E-state index in [1.165, 1.54) is 0 Å². The number of rotatable bonds is 11. The number of aromatic nitrogens is 3. The maximum Gasteiger partial charge on any atom is 0.149 e. The number of benzene rings is 1.